The van der Waals surface area contributed by atoms with Crippen LogP contribution in [-0.4, -0.2) is 63.5 Å². The number of unbranched alkanes of at least 4 members (excludes halogenated alkanes) is 11. The summed E-state index contributed by atoms with van der Waals surface area (Å²) in [6.45, 7) is 3.32. The highest BCUT2D eigenvalue weighted by Crippen LogP contribution is 2.36. The van der Waals surface area contributed by atoms with Crippen molar-refractivity contribution in [2.24, 2.45) is 0 Å². The Morgan fingerprint density at radius 3 is 1.72 bits per heavy atom. The average molecular weight is 779 g/mol. The van der Waals surface area contributed by atoms with Crippen molar-refractivity contribution >= 4 is 19.8 Å². The fourth-order valence-electron chi connectivity index (χ4n) is 5.04. The number of phosphoric acid groups is 1. The molecule has 0 saturated heterocycles. The summed E-state index contributed by atoms with van der Waals surface area (Å²) in [5.74, 6) is -1.07. The molecular weight excluding hydrogens is 707 g/mol. The molecule has 4 N–H and O–H groups in total. The molecular formula is C43H71O10P. The Hall–Kier alpha value is -2.85. The summed E-state index contributed by atoms with van der Waals surface area (Å²) >= 11 is 0. The van der Waals surface area contributed by atoms with Crippen LogP contribution in [-0.2, 0) is 28.2 Å². The first kappa shape index (κ1) is 51.1. The maximum absolute atomic E-state index is 12.4. The van der Waals surface area contributed by atoms with E-state index >= 15 is 0 Å². The molecule has 0 fully saturated rings. The third-order valence-electron chi connectivity index (χ3n) is 8.08. The number of carbonyl (C=O) groups excluding carboxylic acids is 2. The van der Waals surface area contributed by atoms with Crippen LogP contribution in [0.3, 0.4) is 0 Å². The lowest BCUT2D eigenvalue weighted by atomic mass is 10.1. The molecule has 3 atom stereocenters. The third kappa shape index (κ3) is 38.9. The topological polar surface area (TPSA) is 160 Å². The van der Waals surface area contributed by atoms with Gasteiger partial charge in [0.25, 0.3) is 0 Å². The van der Waals surface area contributed by atoms with Gasteiger partial charge in [0.2, 0.25) is 0 Å². The lowest BCUT2D eigenvalue weighted by Gasteiger charge is -2.18. The van der Waals surface area contributed by atoms with Crippen LogP contribution in [0.25, 0.3) is 0 Å². The Balaban J connectivity index is 4.23. The number of hydrogen-bond donors (Lipinski definition) is 4. The van der Waals surface area contributed by atoms with E-state index < -0.39 is 44.7 Å². The molecule has 0 aromatic rings. The molecule has 0 aromatic heterocycles. The van der Waals surface area contributed by atoms with Crippen LogP contribution in [0.1, 0.15) is 142 Å². The van der Waals surface area contributed by atoms with Crippen molar-refractivity contribution in [3.8, 4) is 0 Å². The van der Waals surface area contributed by atoms with E-state index in [1.807, 2.05) is 43.4 Å². The zero-order valence-corrected chi connectivity index (χ0v) is 34.0. The molecule has 0 heterocycles. The summed E-state index contributed by atoms with van der Waals surface area (Å²) in [5.41, 5.74) is 0. The summed E-state index contributed by atoms with van der Waals surface area (Å²) in [6.07, 6.45) is 42.3. The van der Waals surface area contributed by atoms with Gasteiger partial charge in [-0.15, -0.1) is 0 Å². The van der Waals surface area contributed by atoms with Crippen LogP contribution >= 0.6 is 7.82 Å². The molecule has 0 unspecified atom stereocenters. The molecule has 0 rings (SSSR count). The van der Waals surface area contributed by atoms with Crippen molar-refractivity contribution in [3.05, 3.63) is 85.1 Å². The van der Waals surface area contributed by atoms with E-state index in [1.54, 1.807) is 36.5 Å². The second-order valence-electron chi connectivity index (χ2n) is 13.3. The molecule has 10 nitrogen and oxygen atoms in total. The molecule has 0 aliphatic heterocycles. The number of esters is 2. The molecule has 0 bridgehead atoms. The minimum absolute atomic E-state index is 0.0253. The predicted octanol–water partition coefficient (Wildman–Crippen LogP) is 10.0. The van der Waals surface area contributed by atoms with Gasteiger partial charge in [0.05, 0.1) is 18.8 Å². The molecule has 0 aliphatic carbocycles. The Kier molecular flexibility index (Phi) is 35.1. The van der Waals surface area contributed by atoms with E-state index in [2.05, 4.69) is 23.6 Å². The average Bonchev–Trinajstić information content (AvgIpc) is 3.13. The summed E-state index contributed by atoms with van der Waals surface area (Å²) < 4.78 is 26.2. The van der Waals surface area contributed by atoms with Gasteiger partial charge in [-0.1, -0.05) is 150 Å². The second-order valence-corrected chi connectivity index (χ2v) is 14.5. The number of aliphatic hydroxyl groups excluding tert-OH is 2. The Labute approximate surface area is 326 Å². The molecule has 11 heteroatoms. The first-order valence-corrected chi connectivity index (χ1v) is 21.6. The molecule has 54 heavy (non-hydrogen) atoms. The normalized spacial score (nSPS) is 14.6. The van der Waals surface area contributed by atoms with Crippen molar-refractivity contribution in [2.75, 3.05) is 13.2 Å². The van der Waals surface area contributed by atoms with Crippen molar-refractivity contribution in [1.82, 2.24) is 0 Å². The molecule has 0 aliphatic rings. The van der Waals surface area contributed by atoms with Gasteiger partial charge in [0.15, 0.2) is 6.10 Å². The van der Waals surface area contributed by atoms with E-state index in [1.165, 1.54) is 51.4 Å². The Bertz CT molecular complexity index is 1180. The van der Waals surface area contributed by atoms with Gasteiger partial charge in [0.1, 0.15) is 6.61 Å². The number of rotatable bonds is 35. The molecule has 0 amide bonds. The van der Waals surface area contributed by atoms with Crippen LogP contribution in [0, 0.1) is 0 Å². The fourth-order valence-corrected chi connectivity index (χ4v) is 5.40. The second kappa shape index (κ2) is 37.1. The number of carbonyl (C=O) groups is 2. The quantitative estimate of drug-likeness (QED) is 0.0160. The number of aliphatic hydroxyl groups is 2. The van der Waals surface area contributed by atoms with Crippen LogP contribution in [0.4, 0.5) is 0 Å². The number of hydrogen-bond acceptors (Lipinski definition) is 8. The molecule has 0 radical (unpaired) electrons. The van der Waals surface area contributed by atoms with Gasteiger partial charge in [-0.25, -0.2) is 4.57 Å². The van der Waals surface area contributed by atoms with Crippen molar-refractivity contribution in [1.29, 1.82) is 0 Å². The van der Waals surface area contributed by atoms with Crippen molar-refractivity contribution in [2.45, 2.75) is 161 Å². The number of allylic oxidation sites excluding steroid dienone is 10. The Morgan fingerprint density at radius 2 is 1.13 bits per heavy atom. The first-order valence-electron chi connectivity index (χ1n) is 20.1. The monoisotopic (exact) mass is 778 g/mol. The minimum Gasteiger partial charge on any atom is -0.462 e. The maximum atomic E-state index is 12.4. The van der Waals surface area contributed by atoms with Crippen molar-refractivity contribution in [3.63, 3.8) is 0 Å². The zero-order valence-electron chi connectivity index (χ0n) is 33.1. The van der Waals surface area contributed by atoms with Gasteiger partial charge in [-0.2, -0.15) is 0 Å². The van der Waals surface area contributed by atoms with E-state index in [4.69, 9.17) is 19.3 Å². The van der Waals surface area contributed by atoms with Gasteiger partial charge in [0, 0.05) is 12.8 Å². The van der Waals surface area contributed by atoms with Crippen molar-refractivity contribution < 1.29 is 48.2 Å². The molecule has 308 valence electrons. The highest BCUT2D eigenvalue weighted by Gasteiger charge is 2.22. The van der Waals surface area contributed by atoms with Gasteiger partial charge in [-0.3, -0.25) is 14.1 Å². The van der Waals surface area contributed by atoms with E-state index in [0.29, 0.717) is 32.1 Å². The minimum atomic E-state index is -4.81. The van der Waals surface area contributed by atoms with Gasteiger partial charge < -0.3 is 29.5 Å². The highest BCUT2D eigenvalue weighted by molar-refractivity contribution is 7.46. The molecule has 0 spiro atoms. The lowest BCUT2D eigenvalue weighted by Crippen LogP contribution is -2.29. The SMILES string of the molecule is CC/C=C\C[C@H](O)/C=C/C=C\C=C\[C@H](O)C/C=C\C/C=C\CCC(=O)O[C@H](COC(=O)CCCCCCCCC/C=C\CCCCCC)COP(=O)(O)O. The van der Waals surface area contributed by atoms with E-state index in [-0.39, 0.29) is 19.4 Å². The van der Waals surface area contributed by atoms with Crippen LogP contribution in [0.2, 0.25) is 0 Å². The lowest BCUT2D eigenvalue weighted by molar-refractivity contribution is -0.161. The fraction of sp³-hybridized carbons (Fsp3) is 0.628. The van der Waals surface area contributed by atoms with Gasteiger partial charge in [-0.05, 0) is 64.2 Å². The highest BCUT2D eigenvalue weighted by atomic mass is 31.2. The standard InChI is InChI=1S/C43H71O10P/c1-3-5-7-8-9-10-11-12-13-14-15-16-17-21-29-35-42(46)51-37-41(38-52-54(48,49)50)53-43(47)36-30-22-19-18-20-26-32-40(45)34-28-24-23-27-33-39(44)31-25-6-4-2/h6,10-11,19-20,22-28,33-34,39-41,44-45H,3-5,7-9,12-18,21,29-32,35-38H2,1-2H3,(H2,48,49,50)/b11-10-,22-19-,24-23-,25-6-,26-20-,33-27+,34-28+/t39-,40+,41+/m0/s1. The molecule has 0 aromatic carbocycles. The summed E-state index contributed by atoms with van der Waals surface area (Å²) in [7, 11) is -4.81. The maximum Gasteiger partial charge on any atom is 0.469 e. The van der Waals surface area contributed by atoms with Crippen LogP contribution in [0.5, 0.6) is 0 Å². The Morgan fingerprint density at radius 1 is 0.593 bits per heavy atom. The smallest absolute Gasteiger partial charge is 0.462 e. The zero-order chi connectivity index (χ0) is 40.0. The van der Waals surface area contributed by atoms with E-state index in [0.717, 1.165) is 32.1 Å². The predicted molar refractivity (Wildman–Crippen MR) is 219 cm³/mol. The van der Waals surface area contributed by atoms with E-state index in [9.17, 15) is 24.4 Å². The van der Waals surface area contributed by atoms with Crippen LogP contribution in [0.15, 0.2) is 85.1 Å². The summed E-state index contributed by atoms with van der Waals surface area (Å²) in [4.78, 5) is 42.8. The summed E-state index contributed by atoms with van der Waals surface area (Å²) in [5, 5.41) is 19.9. The summed E-state index contributed by atoms with van der Waals surface area (Å²) in [6, 6.07) is 0. The number of ether oxygens (including phenoxy) is 2. The molecule has 0 saturated carbocycles. The number of phosphoric ester groups is 1. The largest absolute Gasteiger partial charge is 0.469 e. The third-order valence-corrected chi connectivity index (χ3v) is 8.56. The first-order chi connectivity index (χ1) is 26.1. The van der Waals surface area contributed by atoms with Crippen LogP contribution < -0.4 is 0 Å². The van der Waals surface area contributed by atoms with Gasteiger partial charge >= 0.3 is 19.8 Å².